The van der Waals surface area contributed by atoms with E-state index in [4.69, 9.17) is 11.6 Å². The number of aryl methyl sites for hydroxylation is 1. The quantitative estimate of drug-likeness (QED) is 0.809. The average Bonchev–Trinajstić information content (AvgIpc) is 2.46. The first kappa shape index (κ1) is 15.0. The van der Waals surface area contributed by atoms with Crippen LogP contribution in [0, 0.1) is 5.82 Å². The Morgan fingerprint density at radius 2 is 1.90 bits per heavy atom. The van der Waals surface area contributed by atoms with E-state index in [1.807, 2.05) is 13.1 Å². The number of halogens is 2. The standard InChI is InChI=1S/C17H19ClFN/c1-20-17(14-6-3-2-4-7-14)9-5-8-13-10-11-15(19)12-16(13)18/h2-4,6-7,10-12,17,20H,5,8-9H2,1H3. The van der Waals surface area contributed by atoms with E-state index in [1.54, 1.807) is 6.07 Å². The van der Waals surface area contributed by atoms with Gasteiger partial charge in [-0.1, -0.05) is 48.0 Å². The Labute approximate surface area is 124 Å². The molecule has 0 spiro atoms. The highest BCUT2D eigenvalue weighted by atomic mass is 35.5. The monoisotopic (exact) mass is 291 g/mol. The minimum atomic E-state index is -0.281. The van der Waals surface area contributed by atoms with Gasteiger partial charge in [0.1, 0.15) is 5.82 Å². The molecule has 20 heavy (non-hydrogen) atoms. The van der Waals surface area contributed by atoms with Crippen molar-refractivity contribution < 1.29 is 4.39 Å². The Kier molecular flexibility index (Phi) is 5.57. The van der Waals surface area contributed by atoms with Crippen molar-refractivity contribution in [2.45, 2.75) is 25.3 Å². The molecule has 0 aliphatic heterocycles. The number of benzene rings is 2. The summed E-state index contributed by atoms with van der Waals surface area (Å²) in [6.45, 7) is 0. The fourth-order valence-electron chi connectivity index (χ4n) is 2.38. The molecule has 1 nitrogen and oxygen atoms in total. The average molecular weight is 292 g/mol. The summed E-state index contributed by atoms with van der Waals surface area (Å²) in [5, 5.41) is 3.85. The van der Waals surface area contributed by atoms with Gasteiger partial charge in [-0.2, -0.15) is 0 Å². The SMILES string of the molecule is CNC(CCCc1ccc(F)cc1Cl)c1ccccc1. The molecule has 0 amide bonds. The molecule has 0 radical (unpaired) electrons. The second-order valence-electron chi connectivity index (χ2n) is 4.88. The van der Waals surface area contributed by atoms with Crippen molar-refractivity contribution in [2.24, 2.45) is 0 Å². The molecule has 0 aliphatic carbocycles. The molecule has 0 aliphatic rings. The van der Waals surface area contributed by atoms with Gasteiger partial charge in [-0.3, -0.25) is 0 Å². The predicted octanol–water partition coefficient (Wildman–Crippen LogP) is 4.76. The summed E-state index contributed by atoms with van der Waals surface area (Å²) in [7, 11) is 1.97. The molecule has 3 heteroatoms. The lowest BCUT2D eigenvalue weighted by molar-refractivity contribution is 0.527. The summed E-state index contributed by atoms with van der Waals surface area (Å²) in [6, 6.07) is 15.3. The number of nitrogens with one attached hydrogen (secondary N) is 1. The minimum absolute atomic E-state index is 0.281. The van der Waals surface area contributed by atoms with E-state index in [9.17, 15) is 4.39 Å². The molecular weight excluding hydrogens is 273 g/mol. The third-order valence-corrected chi connectivity index (χ3v) is 3.86. The van der Waals surface area contributed by atoms with Gasteiger partial charge < -0.3 is 5.32 Å². The number of rotatable bonds is 6. The summed E-state index contributed by atoms with van der Waals surface area (Å²) in [4.78, 5) is 0. The topological polar surface area (TPSA) is 12.0 Å². The summed E-state index contributed by atoms with van der Waals surface area (Å²) >= 11 is 6.04. The van der Waals surface area contributed by atoms with Crippen LogP contribution in [-0.4, -0.2) is 7.05 Å². The molecule has 1 unspecified atom stereocenters. The maximum Gasteiger partial charge on any atom is 0.124 e. The number of hydrogen-bond acceptors (Lipinski definition) is 1. The Hall–Kier alpha value is -1.38. The van der Waals surface area contributed by atoms with Crippen LogP contribution in [0.1, 0.15) is 30.0 Å². The minimum Gasteiger partial charge on any atom is -0.313 e. The third-order valence-electron chi connectivity index (χ3n) is 3.50. The van der Waals surface area contributed by atoms with Crippen molar-refractivity contribution in [3.8, 4) is 0 Å². The Bertz CT molecular complexity index is 542. The lowest BCUT2D eigenvalue weighted by atomic mass is 9.99. The molecule has 0 bridgehead atoms. The van der Waals surface area contributed by atoms with Crippen LogP contribution in [0.3, 0.4) is 0 Å². The molecule has 1 N–H and O–H groups in total. The van der Waals surface area contributed by atoms with E-state index >= 15 is 0 Å². The molecule has 0 saturated heterocycles. The van der Waals surface area contributed by atoms with Gasteiger partial charge in [0.2, 0.25) is 0 Å². The highest BCUT2D eigenvalue weighted by Gasteiger charge is 2.09. The van der Waals surface area contributed by atoms with Crippen LogP contribution >= 0.6 is 11.6 Å². The van der Waals surface area contributed by atoms with Crippen molar-refractivity contribution in [3.63, 3.8) is 0 Å². The molecule has 0 aromatic heterocycles. The summed E-state index contributed by atoms with van der Waals surface area (Å²) in [5.74, 6) is -0.281. The van der Waals surface area contributed by atoms with Gasteiger partial charge in [0.25, 0.3) is 0 Å². The lowest BCUT2D eigenvalue weighted by Crippen LogP contribution is -2.16. The van der Waals surface area contributed by atoms with E-state index in [1.165, 1.54) is 17.7 Å². The van der Waals surface area contributed by atoms with E-state index < -0.39 is 0 Å². The number of hydrogen-bond donors (Lipinski definition) is 1. The second-order valence-corrected chi connectivity index (χ2v) is 5.29. The predicted molar refractivity (Wildman–Crippen MR) is 82.6 cm³/mol. The van der Waals surface area contributed by atoms with Crippen molar-refractivity contribution >= 4 is 11.6 Å². The molecule has 106 valence electrons. The normalized spacial score (nSPS) is 12.3. The lowest BCUT2D eigenvalue weighted by Gasteiger charge is -2.16. The highest BCUT2D eigenvalue weighted by molar-refractivity contribution is 6.31. The highest BCUT2D eigenvalue weighted by Crippen LogP contribution is 2.22. The zero-order valence-electron chi connectivity index (χ0n) is 11.6. The van der Waals surface area contributed by atoms with E-state index in [-0.39, 0.29) is 5.82 Å². The van der Waals surface area contributed by atoms with Crippen molar-refractivity contribution in [3.05, 3.63) is 70.5 Å². The molecule has 2 rings (SSSR count). The summed E-state index contributed by atoms with van der Waals surface area (Å²) < 4.78 is 13.0. The third kappa shape index (κ3) is 4.06. The first-order valence-corrected chi connectivity index (χ1v) is 7.24. The van der Waals surface area contributed by atoms with Crippen LogP contribution in [0.2, 0.25) is 5.02 Å². The Morgan fingerprint density at radius 3 is 2.55 bits per heavy atom. The molecule has 0 saturated carbocycles. The van der Waals surface area contributed by atoms with Gasteiger partial charge >= 0.3 is 0 Å². The zero-order valence-corrected chi connectivity index (χ0v) is 12.3. The van der Waals surface area contributed by atoms with Crippen LogP contribution in [0.15, 0.2) is 48.5 Å². The first-order chi connectivity index (χ1) is 9.70. The Morgan fingerprint density at radius 1 is 1.15 bits per heavy atom. The van der Waals surface area contributed by atoms with Crippen LogP contribution in [0.4, 0.5) is 4.39 Å². The van der Waals surface area contributed by atoms with Crippen molar-refractivity contribution in [1.82, 2.24) is 5.32 Å². The van der Waals surface area contributed by atoms with Gasteiger partial charge in [0, 0.05) is 11.1 Å². The van der Waals surface area contributed by atoms with Gasteiger partial charge in [-0.25, -0.2) is 4.39 Å². The van der Waals surface area contributed by atoms with Crippen LogP contribution in [-0.2, 0) is 6.42 Å². The second kappa shape index (κ2) is 7.41. The summed E-state index contributed by atoms with van der Waals surface area (Å²) in [6.07, 6.45) is 2.89. The van der Waals surface area contributed by atoms with Crippen LogP contribution in [0.5, 0.6) is 0 Å². The molecule has 0 fully saturated rings. The maximum absolute atomic E-state index is 13.0. The fraction of sp³-hybridized carbons (Fsp3) is 0.294. The molecular formula is C17H19ClFN. The van der Waals surface area contributed by atoms with Crippen LogP contribution < -0.4 is 5.32 Å². The van der Waals surface area contributed by atoms with Gasteiger partial charge in [-0.05, 0) is 49.6 Å². The van der Waals surface area contributed by atoms with E-state index in [0.717, 1.165) is 24.8 Å². The van der Waals surface area contributed by atoms with Crippen molar-refractivity contribution in [1.29, 1.82) is 0 Å². The largest absolute Gasteiger partial charge is 0.313 e. The van der Waals surface area contributed by atoms with Crippen LogP contribution in [0.25, 0.3) is 0 Å². The molecule has 2 aromatic carbocycles. The van der Waals surface area contributed by atoms with Crippen molar-refractivity contribution in [2.75, 3.05) is 7.05 Å². The Balaban J connectivity index is 1.91. The summed E-state index contributed by atoms with van der Waals surface area (Å²) in [5.41, 5.74) is 2.30. The first-order valence-electron chi connectivity index (χ1n) is 6.87. The molecule has 2 aromatic rings. The smallest absolute Gasteiger partial charge is 0.124 e. The van der Waals surface area contributed by atoms with E-state index in [2.05, 4.69) is 29.6 Å². The zero-order chi connectivity index (χ0) is 14.4. The van der Waals surface area contributed by atoms with Gasteiger partial charge in [0.15, 0.2) is 0 Å². The molecule has 0 heterocycles. The van der Waals surface area contributed by atoms with Gasteiger partial charge in [-0.15, -0.1) is 0 Å². The van der Waals surface area contributed by atoms with E-state index in [0.29, 0.717) is 11.1 Å². The maximum atomic E-state index is 13.0. The fourth-order valence-corrected chi connectivity index (χ4v) is 2.65. The van der Waals surface area contributed by atoms with Gasteiger partial charge in [0.05, 0.1) is 0 Å². The molecule has 1 atom stereocenters.